The number of rotatable bonds is 4. The van der Waals surface area contributed by atoms with E-state index in [2.05, 4.69) is 36.0 Å². The molecule has 3 aromatic rings. The minimum Gasteiger partial charge on any atom is -0.341 e. The van der Waals surface area contributed by atoms with E-state index >= 15 is 0 Å². The van der Waals surface area contributed by atoms with Gasteiger partial charge in [0.05, 0.1) is 18.1 Å². The second kappa shape index (κ2) is 8.09. The number of anilines is 1. The molecule has 1 aromatic carbocycles. The monoisotopic (exact) mass is 417 g/mol. The van der Waals surface area contributed by atoms with Crippen molar-refractivity contribution < 1.29 is 4.79 Å². The van der Waals surface area contributed by atoms with Crippen molar-refractivity contribution in [3.63, 3.8) is 0 Å². The first-order valence-corrected chi connectivity index (χ1v) is 10.9. The van der Waals surface area contributed by atoms with Crippen LogP contribution < -0.4 is 4.90 Å². The number of aromatic nitrogens is 5. The molecule has 5 rings (SSSR count). The van der Waals surface area contributed by atoms with E-state index < -0.39 is 0 Å². The van der Waals surface area contributed by atoms with Crippen molar-refractivity contribution in [1.29, 1.82) is 0 Å². The highest BCUT2D eigenvalue weighted by molar-refractivity contribution is 5.78. The van der Waals surface area contributed by atoms with Crippen molar-refractivity contribution >= 4 is 11.9 Å². The van der Waals surface area contributed by atoms with Crippen LogP contribution in [-0.4, -0.2) is 54.4 Å². The van der Waals surface area contributed by atoms with Gasteiger partial charge in [0.25, 0.3) is 0 Å². The molecule has 2 aliphatic heterocycles. The van der Waals surface area contributed by atoms with Gasteiger partial charge in [-0.3, -0.25) is 4.79 Å². The summed E-state index contributed by atoms with van der Waals surface area (Å²) in [5.74, 6) is 1.04. The van der Waals surface area contributed by atoms with Gasteiger partial charge in [-0.15, -0.1) is 0 Å². The zero-order valence-electron chi connectivity index (χ0n) is 17.8. The van der Waals surface area contributed by atoms with Gasteiger partial charge in [-0.25, -0.2) is 9.97 Å². The van der Waals surface area contributed by atoms with Gasteiger partial charge < -0.3 is 9.80 Å². The van der Waals surface area contributed by atoms with Crippen molar-refractivity contribution in [2.24, 2.45) is 0 Å². The number of likely N-dealkylation sites (tertiary alicyclic amines) is 1. The Hall–Kier alpha value is -3.29. The van der Waals surface area contributed by atoms with Gasteiger partial charge in [0.2, 0.25) is 11.9 Å². The summed E-state index contributed by atoms with van der Waals surface area (Å²) < 4.78 is 0. The van der Waals surface area contributed by atoms with Gasteiger partial charge >= 0.3 is 0 Å². The summed E-state index contributed by atoms with van der Waals surface area (Å²) >= 11 is 0. The number of para-hydroxylation sites is 1. The number of piperidine rings is 2. The first-order chi connectivity index (χ1) is 15.1. The molecule has 8 nitrogen and oxygen atoms in total. The zero-order chi connectivity index (χ0) is 21.3. The fraction of sp³-hybridized carbons (Fsp3) is 0.435. The molecule has 0 aliphatic carbocycles. The summed E-state index contributed by atoms with van der Waals surface area (Å²) in [7, 11) is 0. The van der Waals surface area contributed by atoms with Crippen LogP contribution in [0.2, 0.25) is 0 Å². The van der Waals surface area contributed by atoms with Gasteiger partial charge in [0.1, 0.15) is 0 Å². The molecule has 0 saturated carbocycles. The van der Waals surface area contributed by atoms with Gasteiger partial charge in [0, 0.05) is 43.5 Å². The fourth-order valence-electron chi connectivity index (χ4n) is 4.94. The van der Waals surface area contributed by atoms with Gasteiger partial charge in [-0.1, -0.05) is 18.2 Å². The van der Waals surface area contributed by atoms with Crippen molar-refractivity contribution in [3.8, 4) is 5.69 Å². The molecule has 2 saturated heterocycles. The first-order valence-electron chi connectivity index (χ1n) is 10.9. The van der Waals surface area contributed by atoms with Gasteiger partial charge in [0.15, 0.2) is 0 Å². The lowest BCUT2D eigenvalue weighted by atomic mass is 9.78. The van der Waals surface area contributed by atoms with Crippen LogP contribution in [0.3, 0.4) is 0 Å². The molecule has 31 heavy (non-hydrogen) atoms. The SMILES string of the molecule is Cc1ccnc(N2CCC3(CCCC(=O)N3Cc3ccccc3-n3nccn3)CC2)n1. The summed E-state index contributed by atoms with van der Waals surface area (Å²) in [6.07, 6.45) is 9.65. The van der Waals surface area contributed by atoms with Gasteiger partial charge in [-0.05, 0) is 50.3 Å². The van der Waals surface area contributed by atoms with Crippen LogP contribution in [-0.2, 0) is 11.3 Å². The Morgan fingerprint density at radius 1 is 1.00 bits per heavy atom. The second-order valence-electron chi connectivity index (χ2n) is 8.49. The smallest absolute Gasteiger partial charge is 0.225 e. The number of aryl methyl sites for hydroxylation is 1. The highest BCUT2D eigenvalue weighted by Crippen LogP contribution is 2.39. The Balaban J connectivity index is 1.39. The maximum Gasteiger partial charge on any atom is 0.225 e. The van der Waals surface area contributed by atoms with E-state index in [-0.39, 0.29) is 11.4 Å². The van der Waals surface area contributed by atoms with Crippen molar-refractivity contribution in [2.75, 3.05) is 18.0 Å². The van der Waals surface area contributed by atoms with Crippen LogP contribution in [0.4, 0.5) is 5.95 Å². The van der Waals surface area contributed by atoms with E-state index in [4.69, 9.17) is 0 Å². The molecule has 2 aliphatic rings. The molecule has 0 radical (unpaired) electrons. The standard InChI is InChI=1S/C23H27N7O/c1-18-8-12-24-22(27-18)28-15-10-23(11-16-28)9-4-7-21(31)29(23)17-19-5-2-3-6-20(19)30-25-13-14-26-30/h2-3,5-6,8,12-14H,4,7,9-11,15-17H2,1H3. The maximum atomic E-state index is 13.1. The lowest BCUT2D eigenvalue weighted by Crippen LogP contribution is -2.59. The Morgan fingerprint density at radius 3 is 2.55 bits per heavy atom. The van der Waals surface area contributed by atoms with Crippen LogP contribution in [0.5, 0.6) is 0 Å². The second-order valence-corrected chi connectivity index (χ2v) is 8.49. The number of carbonyl (C=O) groups is 1. The van der Waals surface area contributed by atoms with E-state index in [9.17, 15) is 4.79 Å². The van der Waals surface area contributed by atoms with Crippen LogP contribution in [0, 0.1) is 6.92 Å². The minimum atomic E-state index is -0.111. The number of amides is 1. The van der Waals surface area contributed by atoms with Crippen LogP contribution in [0.1, 0.15) is 43.4 Å². The maximum absolute atomic E-state index is 13.1. The van der Waals surface area contributed by atoms with Crippen molar-refractivity contribution in [3.05, 3.63) is 60.2 Å². The molecule has 0 N–H and O–H groups in total. The fourth-order valence-corrected chi connectivity index (χ4v) is 4.94. The third-order valence-corrected chi connectivity index (χ3v) is 6.62. The number of hydrogen-bond donors (Lipinski definition) is 0. The third kappa shape index (κ3) is 3.78. The normalized spacial score (nSPS) is 18.5. The summed E-state index contributed by atoms with van der Waals surface area (Å²) in [5, 5.41) is 8.59. The molecule has 8 heteroatoms. The number of carbonyl (C=O) groups excluding carboxylic acids is 1. The predicted molar refractivity (Wildman–Crippen MR) is 117 cm³/mol. The summed E-state index contributed by atoms with van der Waals surface area (Å²) in [6.45, 7) is 4.28. The third-order valence-electron chi connectivity index (χ3n) is 6.62. The molecule has 1 amide bonds. The van der Waals surface area contributed by atoms with Crippen LogP contribution >= 0.6 is 0 Å². The van der Waals surface area contributed by atoms with Crippen molar-refractivity contribution in [2.45, 2.75) is 51.1 Å². The molecule has 1 spiro atoms. The van der Waals surface area contributed by atoms with E-state index in [0.717, 1.165) is 61.7 Å². The number of benzene rings is 1. The number of nitrogens with zero attached hydrogens (tertiary/aromatic N) is 7. The Kier molecular flexibility index (Phi) is 5.13. The summed E-state index contributed by atoms with van der Waals surface area (Å²) in [5.41, 5.74) is 2.85. The lowest BCUT2D eigenvalue weighted by molar-refractivity contribution is -0.144. The van der Waals surface area contributed by atoms with E-state index in [1.165, 1.54) is 0 Å². The van der Waals surface area contributed by atoms with E-state index in [1.807, 2.05) is 37.4 Å². The zero-order valence-corrected chi connectivity index (χ0v) is 17.8. The summed E-state index contributed by atoms with van der Waals surface area (Å²) in [6, 6.07) is 10.00. The lowest BCUT2D eigenvalue weighted by Gasteiger charge is -2.51. The molecule has 0 unspecified atom stereocenters. The van der Waals surface area contributed by atoms with Gasteiger partial charge in [-0.2, -0.15) is 15.0 Å². The minimum absolute atomic E-state index is 0.111. The molecule has 160 valence electrons. The Labute approximate surface area is 181 Å². The molecular weight excluding hydrogens is 390 g/mol. The molecule has 2 aromatic heterocycles. The average molecular weight is 418 g/mol. The quantitative estimate of drug-likeness (QED) is 0.649. The first kappa shape index (κ1) is 19.7. The highest BCUT2D eigenvalue weighted by Gasteiger charge is 2.44. The average Bonchev–Trinajstić information content (AvgIpc) is 3.32. The van der Waals surface area contributed by atoms with Crippen LogP contribution in [0.25, 0.3) is 5.69 Å². The number of hydrogen-bond acceptors (Lipinski definition) is 6. The topological polar surface area (TPSA) is 80.0 Å². The Morgan fingerprint density at radius 2 is 1.77 bits per heavy atom. The molecule has 0 atom stereocenters. The highest BCUT2D eigenvalue weighted by atomic mass is 16.2. The largest absolute Gasteiger partial charge is 0.341 e. The molecule has 4 heterocycles. The summed E-state index contributed by atoms with van der Waals surface area (Å²) in [4.78, 5) is 28.2. The molecule has 2 fully saturated rings. The van der Waals surface area contributed by atoms with E-state index in [1.54, 1.807) is 17.2 Å². The Bertz CT molecular complexity index is 1060. The predicted octanol–water partition coefficient (Wildman–Crippen LogP) is 2.92. The van der Waals surface area contributed by atoms with Crippen LogP contribution in [0.15, 0.2) is 48.9 Å². The molecular formula is C23H27N7O. The van der Waals surface area contributed by atoms with Crippen molar-refractivity contribution in [1.82, 2.24) is 29.9 Å². The van der Waals surface area contributed by atoms with E-state index in [0.29, 0.717) is 13.0 Å². The molecule has 0 bridgehead atoms.